The van der Waals surface area contributed by atoms with Crippen molar-refractivity contribution >= 4 is 0 Å². The molecule has 0 radical (unpaired) electrons. The van der Waals surface area contributed by atoms with Crippen LogP contribution >= 0.6 is 0 Å². The number of nitrogens with two attached hydrogens (primary N) is 2. The van der Waals surface area contributed by atoms with Gasteiger partial charge < -0.3 is 15.5 Å². The van der Waals surface area contributed by atoms with E-state index in [1.54, 1.807) is 12.1 Å². The lowest BCUT2D eigenvalue weighted by atomic mass is 9.99. The smallest absolute Gasteiger partial charge is 0.0981 e. The fourth-order valence-electron chi connectivity index (χ4n) is 1.91. The summed E-state index contributed by atoms with van der Waals surface area (Å²) in [5.41, 5.74) is 7.86. The van der Waals surface area contributed by atoms with Gasteiger partial charge in [0.25, 0.3) is 0 Å². The molecule has 1 rings (SSSR count). The van der Waals surface area contributed by atoms with Crippen molar-refractivity contribution in [3.63, 3.8) is 0 Å². The van der Waals surface area contributed by atoms with Gasteiger partial charge in [-0.1, -0.05) is 12.8 Å². The normalized spacial score (nSPS) is 29.5. The fourth-order valence-corrected chi connectivity index (χ4v) is 1.91. The van der Waals surface area contributed by atoms with Gasteiger partial charge in [-0.25, -0.2) is 5.84 Å². The summed E-state index contributed by atoms with van der Waals surface area (Å²) < 4.78 is 5.35. The fraction of sp³-hybridized carbons (Fsp3) is 0.800. The molecule has 0 aliphatic heterocycles. The van der Waals surface area contributed by atoms with Gasteiger partial charge in [-0.3, -0.25) is 0 Å². The molecule has 0 fully saturated rings. The Morgan fingerprint density at radius 1 is 1.36 bits per heavy atom. The number of allylic oxidation sites excluding steroid dienone is 1. The number of ether oxygens (including phenoxy) is 1. The number of rotatable bonds is 2. The maximum Gasteiger partial charge on any atom is 0.0981 e. The molecule has 1 aliphatic carbocycles. The van der Waals surface area contributed by atoms with Gasteiger partial charge in [-0.15, -0.1) is 0 Å². The van der Waals surface area contributed by atoms with E-state index in [2.05, 4.69) is 0 Å². The van der Waals surface area contributed by atoms with Gasteiger partial charge in [0, 0.05) is 14.2 Å². The second kappa shape index (κ2) is 5.22. The third kappa shape index (κ3) is 2.62. The molecule has 0 saturated heterocycles. The van der Waals surface area contributed by atoms with Crippen LogP contribution in [0.3, 0.4) is 0 Å². The lowest BCUT2D eigenvalue weighted by Gasteiger charge is -2.26. The summed E-state index contributed by atoms with van der Waals surface area (Å²) in [7, 11) is 3.53. The maximum atomic E-state index is 6.04. The molecule has 4 N–H and O–H groups in total. The molecule has 0 aromatic heterocycles. The molecular weight excluding hydrogens is 178 g/mol. The van der Waals surface area contributed by atoms with Gasteiger partial charge in [-0.05, 0) is 19.3 Å². The topological polar surface area (TPSA) is 64.5 Å². The Balaban J connectivity index is 2.85. The zero-order valence-electron chi connectivity index (χ0n) is 9.12. The average molecular weight is 199 g/mol. The Morgan fingerprint density at radius 2 is 2.07 bits per heavy atom. The number of hydrogen-bond donors (Lipinski definition) is 2. The van der Waals surface area contributed by atoms with Crippen molar-refractivity contribution in [2.24, 2.45) is 11.6 Å². The van der Waals surface area contributed by atoms with Crippen LogP contribution in [0.25, 0.3) is 0 Å². The molecular formula is C10H21N3O. The van der Waals surface area contributed by atoms with Crippen molar-refractivity contribution in [2.75, 3.05) is 14.2 Å². The van der Waals surface area contributed by atoms with E-state index >= 15 is 0 Å². The third-order valence-corrected chi connectivity index (χ3v) is 2.77. The monoisotopic (exact) mass is 199 g/mol. The molecule has 0 amide bonds. The van der Waals surface area contributed by atoms with Crippen molar-refractivity contribution in [1.82, 2.24) is 5.01 Å². The van der Waals surface area contributed by atoms with Crippen LogP contribution in [0, 0.1) is 0 Å². The van der Waals surface area contributed by atoms with Crippen molar-refractivity contribution in [1.29, 1.82) is 0 Å². The first-order valence-electron chi connectivity index (χ1n) is 5.16. The molecule has 0 spiro atoms. The van der Waals surface area contributed by atoms with E-state index in [0.717, 1.165) is 30.7 Å². The SMILES string of the molecule is COC1CCCCC/C(N(C)N)=C\1N. The third-order valence-electron chi connectivity index (χ3n) is 2.77. The first kappa shape index (κ1) is 11.3. The Hall–Kier alpha value is -0.740. The first-order chi connectivity index (χ1) is 6.66. The molecule has 0 heterocycles. The Kier molecular flexibility index (Phi) is 4.22. The number of hydrogen-bond acceptors (Lipinski definition) is 4. The molecule has 1 aliphatic rings. The summed E-state index contributed by atoms with van der Waals surface area (Å²) in [6.45, 7) is 0. The van der Waals surface area contributed by atoms with Gasteiger partial charge in [0.15, 0.2) is 0 Å². The van der Waals surface area contributed by atoms with Crippen LogP contribution in [0.15, 0.2) is 11.4 Å². The molecule has 82 valence electrons. The lowest BCUT2D eigenvalue weighted by Crippen LogP contribution is -2.33. The zero-order chi connectivity index (χ0) is 10.6. The van der Waals surface area contributed by atoms with E-state index in [1.807, 2.05) is 7.05 Å². The minimum atomic E-state index is 0.0382. The molecule has 4 nitrogen and oxygen atoms in total. The highest BCUT2D eigenvalue weighted by Gasteiger charge is 2.18. The second-order valence-electron chi connectivity index (χ2n) is 3.84. The quantitative estimate of drug-likeness (QED) is 0.513. The molecule has 0 aromatic rings. The van der Waals surface area contributed by atoms with E-state index in [-0.39, 0.29) is 6.10 Å². The van der Waals surface area contributed by atoms with Gasteiger partial charge in [0.05, 0.1) is 17.5 Å². The second-order valence-corrected chi connectivity index (χ2v) is 3.84. The molecule has 0 bridgehead atoms. The maximum absolute atomic E-state index is 6.04. The average Bonchev–Trinajstić information content (AvgIpc) is 2.12. The molecule has 0 aromatic carbocycles. The largest absolute Gasteiger partial charge is 0.398 e. The van der Waals surface area contributed by atoms with Crippen LogP contribution in [0.2, 0.25) is 0 Å². The summed E-state index contributed by atoms with van der Waals surface area (Å²) in [6.07, 6.45) is 5.56. The Labute approximate surface area is 85.9 Å². The lowest BCUT2D eigenvalue weighted by molar-refractivity contribution is 0.114. The first-order valence-corrected chi connectivity index (χ1v) is 5.16. The van der Waals surface area contributed by atoms with Gasteiger partial charge >= 0.3 is 0 Å². The van der Waals surface area contributed by atoms with Crippen molar-refractivity contribution in [2.45, 2.75) is 38.2 Å². The Bertz CT molecular complexity index is 213. The minimum absolute atomic E-state index is 0.0382. The summed E-state index contributed by atoms with van der Waals surface area (Å²) in [5, 5.41) is 1.62. The minimum Gasteiger partial charge on any atom is -0.398 e. The van der Waals surface area contributed by atoms with E-state index < -0.39 is 0 Å². The van der Waals surface area contributed by atoms with Crippen molar-refractivity contribution in [3.05, 3.63) is 11.4 Å². The predicted octanol–water partition coefficient (Wildman–Crippen LogP) is 0.941. The molecule has 14 heavy (non-hydrogen) atoms. The van der Waals surface area contributed by atoms with Gasteiger partial charge in [0.1, 0.15) is 0 Å². The Morgan fingerprint density at radius 3 is 2.64 bits per heavy atom. The van der Waals surface area contributed by atoms with E-state index in [9.17, 15) is 0 Å². The molecule has 1 unspecified atom stereocenters. The van der Waals surface area contributed by atoms with Crippen LogP contribution in [0.5, 0.6) is 0 Å². The van der Waals surface area contributed by atoms with Gasteiger partial charge in [-0.2, -0.15) is 0 Å². The highest BCUT2D eigenvalue weighted by molar-refractivity contribution is 5.14. The van der Waals surface area contributed by atoms with Crippen LogP contribution < -0.4 is 11.6 Å². The summed E-state index contributed by atoms with van der Waals surface area (Å²) >= 11 is 0. The standard InChI is InChI=1S/C10H21N3O/c1-13(12)8-6-4-3-5-7-9(14-2)10(8)11/h9H,3-7,11-12H2,1-2H3/b10-8-. The van der Waals surface area contributed by atoms with E-state index in [0.29, 0.717) is 0 Å². The van der Waals surface area contributed by atoms with Crippen LogP contribution in [-0.2, 0) is 4.74 Å². The van der Waals surface area contributed by atoms with E-state index in [1.165, 1.54) is 12.8 Å². The van der Waals surface area contributed by atoms with Crippen LogP contribution in [0.1, 0.15) is 32.1 Å². The molecule has 1 atom stereocenters. The van der Waals surface area contributed by atoms with Crippen LogP contribution in [-0.4, -0.2) is 25.3 Å². The number of methoxy groups -OCH3 is 1. The zero-order valence-corrected chi connectivity index (χ0v) is 9.12. The van der Waals surface area contributed by atoms with Crippen molar-refractivity contribution in [3.8, 4) is 0 Å². The highest BCUT2D eigenvalue weighted by Crippen LogP contribution is 2.22. The highest BCUT2D eigenvalue weighted by atomic mass is 16.5. The van der Waals surface area contributed by atoms with Crippen molar-refractivity contribution < 1.29 is 4.74 Å². The van der Waals surface area contributed by atoms with Gasteiger partial charge in [0.2, 0.25) is 0 Å². The van der Waals surface area contributed by atoms with E-state index in [4.69, 9.17) is 16.3 Å². The number of hydrazine groups is 1. The summed E-state index contributed by atoms with van der Waals surface area (Å²) in [5.74, 6) is 5.73. The predicted molar refractivity (Wildman–Crippen MR) is 57.0 cm³/mol. The summed E-state index contributed by atoms with van der Waals surface area (Å²) in [4.78, 5) is 0. The van der Waals surface area contributed by atoms with Crippen LogP contribution in [0.4, 0.5) is 0 Å². The number of nitrogens with zero attached hydrogens (tertiary/aromatic N) is 1. The molecule has 0 saturated carbocycles. The summed E-state index contributed by atoms with van der Waals surface area (Å²) in [6, 6.07) is 0. The molecule has 4 heteroatoms.